The third-order valence-corrected chi connectivity index (χ3v) is 7.08. The van der Waals surface area contributed by atoms with Crippen LogP contribution in [0.1, 0.15) is 42.4 Å². The van der Waals surface area contributed by atoms with E-state index in [9.17, 15) is 14.9 Å². The highest BCUT2D eigenvalue weighted by atomic mass is 32.1. The molecule has 39 heavy (non-hydrogen) atoms. The number of aromatic nitrogens is 1. The molecule has 1 amide bonds. The molecular formula is C29H27N5O4S. The molecule has 1 fully saturated rings. The second-order valence-corrected chi connectivity index (χ2v) is 9.52. The van der Waals surface area contributed by atoms with Gasteiger partial charge < -0.3 is 20.0 Å². The Labute approximate surface area is 231 Å². The number of amides is 1. The molecule has 0 bridgehead atoms. The van der Waals surface area contributed by atoms with E-state index in [-0.39, 0.29) is 30.1 Å². The normalized spacial score (nSPS) is 16.6. The first-order chi connectivity index (χ1) is 18.9. The summed E-state index contributed by atoms with van der Waals surface area (Å²) in [6, 6.07) is 22.7. The average Bonchev–Trinajstić information content (AvgIpc) is 3.57. The largest absolute Gasteiger partial charge is 0.459 e. The summed E-state index contributed by atoms with van der Waals surface area (Å²) in [6.45, 7) is 2.42. The van der Waals surface area contributed by atoms with Crippen LogP contribution in [0.5, 0.6) is 0 Å². The van der Waals surface area contributed by atoms with Crippen LogP contribution in [0, 0.1) is 10.1 Å². The van der Waals surface area contributed by atoms with Crippen molar-refractivity contribution in [2.75, 3.05) is 11.9 Å². The molecule has 2 atom stereocenters. The van der Waals surface area contributed by atoms with Crippen LogP contribution in [0.15, 0.2) is 89.5 Å². The van der Waals surface area contributed by atoms with Crippen LogP contribution in [0.3, 0.4) is 0 Å². The van der Waals surface area contributed by atoms with Crippen LogP contribution in [0.25, 0.3) is 11.3 Å². The Kier molecular flexibility index (Phi) is 7.64. The third kappa shape index (κ3) is 5.65. The molecule has 5 rings (SSSR count). The van der Waals surface area contributed by atoms with Crippen molar-refractivity contribution in [1.29, 1.82) is 0 Å². The van der Waals surface area contributed by atoms with Gasteiger partial charge in [0, 0.05) is 42.5 Å². The van der Waals surface area contributed by atoms with Gasteiger partial charge in [-0.15, -0.1) is 0 Å². The maximum atomic E-state index is 12.9. The molecule has 4 aromatic rings. The van der Waals surface area contributed by atoms with Crippen molar-refractivity contribution >= 4 is 34.6 Å². The Morgan fingerprint density at radius 3 is 2.59 bits per heavy atom. The molecular weight excluding hydrogens is 514 g/mol. The van der Waals surface area contributed by atoms with E-state index < -0.39 is 4.92 Å². The average molecular weight is 542 g/mol. The number of rotatable bonds is 9. The second-order valence-electron chi connectivity index (χ2n) is 9.13. The van der Waals surface area contributed by atoms with Gasteiger partial charge in [0.2, 0.25) is 5.91 Å². The summed E-state index contributed by atoms with van der Waals surface area (Å²) in [5, 5.41) is 17.9. The molecule has 3 heterocycles. The fraction of sp³-hybridized carbons (Fsp3) is 0.207. The molecule has 2 aromatic heterocycles. The molecule has 0 aliphatic carbocycles. The number of carbonyl (C=O) groups is 1. The minimum absolute atomic E-state index is 0.0112. The Morgan fingerprint density at radius 2 is 1.87 bits per heavy atom. The molecule has 10 heteroatoms. The number of anilines is 1. The number of nitrogens with one attached hydrogen (secondary N) is 2. The smallest absolute Gasteiger partial charge is 0.269 e. The molecule has 2 aromatic carbocycles. The molecule has 1 aliphatic rings. The zero-order valence-corrected chi connectivity index (χ0v) is 22.1. The van der Waals surface area contributed by atoms with Gasteiger partial charge in [0.05, 0.1) is 16.7 Å². The highest BCUT2D eigenvalue weighted by Crippen LogP contribution is 2.40. The number of pyridine rings is 1. The minimum Gasteiger partial charge on any atom is -0.459 e. The van der Waals surface area contributed by atoms with Crippen LogP contribution in [-0.4, -0.2) is 32.4 Å². The number of nitro benzene ring substituents is 1. The monoisotopic (exact) mass is 541 g/mol. The van der Waals surface area contributed by atoms with E-state index >= 15 is 0 Å². The van der Waals surface area contributed by atoms with Gasteiger partial charge in [-0.25, -0.2) is 0 Å². The first-order valence-corrected chi connectivity index (χ1v) is 13.1. The summed E-state index contributed by atoms with van der Waals surface area (Å²) in [6.07, 6.45) is 2.77. The van der Waals surface area contributed by atoms with Crippen LogP contribution in [-0.2, 0) is 11.2 Å². The zero-order valence-electron chi connectivity index (χ0n) is 21.2. The highest BCUT2D eigenvalue weighted by Gasteiger charge is 2.41. The summed E-state index contributed by atoms with van der Waals surface area (Å²) in [5.41, 5.74) is 3.41. The van der Waals surface area contributed by atoms with Crippen molar-refractivity contribution < 1.29 is 14.1 Å². The molecule has 0 saturated carbocycles. The summed E-state index contributed by atoms with van der Waals surface area (Å²) < 4.78 is 6.28. The second kappa shape index (κ2) is 11.4. The molecule has 1 saturated heterocycles. The van der Waals surface area contributed by atoms with E-state index in [1.54, 1.807) is 18.3 Å². The van der Waals surface area contributed by atoms with Crippen LogP contribution >= 0.6 is 12.2 Å². The maximum absolute atomic E-state index is 12.9. The van der Waals surface area contributed by atoms with Crippen LogP contribution in [0.4, 0.5) is 11.4 Å². The first-order valence-electron chi connectivity index (χ1n) is 12.6. The topological polar surface area (TPSA) is 114 Å². The first kappa shape index (κ1) is 26.1. The lowest BCUT2D eigenvalue weighted by atomic mass is 10.0. The van der Waals surface area contributed by atoms with Gasteiger partial charge in [0.15, 0.2) is 5.11 Å². The van der Waals surface area contributed by atoms with Gasteiger partial charge in [0.1, 0.15) is 17.6 Å². The molecule has 9 nitrogen and oxygen atoms in total. The van der Waals surface area contributed by atoms with Crippen molar-refractivity contribution in [2.45, 2.75) is 31.8 Å². The number of nitro groups is 1. The summed E-state index contributed by atoms with van der Waals surface area (Å²) in [7, 11) is 0. The van der Waals surface area contributed by atoms with Crippen molar-refractivity contribution in [3.05, 3.63) is 112 Å². The lowest BCUT2D eigenvalue weighted by Gasteiger charge is -2.26. The van der Waals surface area contributed by atoms with E-state index in [1.165, 1.54) is 12.1 Å². The number of nitrogens with zero attached hydrogens (tertiary/aromatic N) is 3. The highest BCUT2D eigenvalue weighted by molar-refractivity contribution is 7.80. The van der Waals surface area contributed by atoms with E-state index in [0.29, 0.717) is 23.2 Å². The standard InChI is InChI=1S/C29H27N5O4S/c1-2-19-7-3-4-8-22(19)31-26(35)16-18-33-28(27(32-29(33)39)23-9-5-6-17-30-23)25-15-14-24(38-25)20-10-12-21(13-11-20)34(36)37/h3-15,17,27-28H,2,16,18H2,1H3,(H,31,35)(H,32,39)/t27-,28+/m1/s1. The van der Waals surface area contributed by atoms with Crippen molar-refractivity contribution in [3.63, 3.8) is 0 Å². The maximum Gasteiger partial charge on any atom is 0.269 e. The lowest BCUT2D eigenvalue weighted by Crippen LogP contribution is -2.32. The van der Waals surface area contributed by atoms with Crippen molar-refractivity contribution in [1.82, 2.24) is 15.2 Å². The number of benzene rings is 2. The number of non-ortho nitro benzene ring substituents is 1. The van der Waals surface area contributed by atoms with Gasteiger partial charge in [-0.3, -0.25) is 19.9 Å². The number of carbonyl (C=O) groups excluding carboxylic acids is 1. The van der Waals surface area contributed by atoms with E-state index in [1.807, 2.05) is 59.5 Å². The van der Waals surface area contributed by atoms with Crippen LogP contribution in [0.2, 0.25) is 0 Å². The molecule has 0 radical (unpaired) electrons. The fourth-order valence-electron chi connectivity index (χ4n) is 4.75. The van der Waals surface area contributed by atoms with Crippen molar-refractivity contribution in [3.8, 4) is 11.3 Å². The quantitative estimate of drug-likeness (QED) is 0.155. The molecule has 1 aliphatic heterocycles. The molecule has 0 unspecified atom stereocenters. The summed E-state index contributed by atoms with van der Waals surface area (Å²) >= 11 is 5.70. The molecule has 198 valence electrons. The SMILES string of the molecule is CCc1ccccc1NC(=O)CCN1C(=S)N[C@H](c2ccccn2)[C@@H]1c1ccc(-c2ccc([N+](=O)[O-])cc2)o1. The number of aryl methyl sites for hydroxylation is 1. The van der Waals surface area contributed by atoms with Gasteiger partial charge in [-0.2, -0.15) is 0 Å². The number of thiocarbonyl (C=S) groups is 1. The molecule has 0 spiro atoms. The Hall–Kier alpha value is -4.57. The van der Waals surface area contributed by atoms with E-state index in [2.05, 4.69) is 22.5 Å². The van der Waals surface area contributed by atoms with Crippen LogP contribution < -0.4 is 10.6 Å². The predicted molar refractivity (Wildman–Crippen MR) is 152 cm³/mol. The number of para-hydroxylation sites is 1. The van der Waals surface area contributed by atoms with Gasteiger partial charge in [0.25, 0.3) is 5.69 Å². The van der Waals surface area contributed by atoms with Crippen molar-refractivity contribution in [2.24, 2.45) is 0 Å². The summed E-state index contributed by atoms with van der Waals surface area (Å²) in [4.78, 5) is 30.0. The van der Waals surface area contributed by atoms with Gasteiger partial charge in [-0.05, 0) is 66.7 Å². The Morgan fingerprint density at radius 1 is 1.10 bits per heavy atom. The number of furan rings is 1. The number of hydrogen-bond acceptors (Lipinski definition) is 6. The van der Waals surface area contributed by atoms with E-state index in [4.69, 9.17) is 16.6 Å². The van der Waals surface area contributed by atoms with Gasteiger partial charge in [-0.1, -0.05) is 31.2 Å². The van der Waals surface area contributed by atoms with E-state index in [0.717, 1.165) is 28.9 Å². The molecule has 2 N–H and O–H groups in total. The lowest BCUT2D eigenvalue weighted by molar-refractivity contribution is -0.384. The predicted octanol–water partition coefficient (Wildman–Crippen LogP) is 5.81. The minimum atomic E-state index is -0.436. The summed E-state index contributed by atoms with van der Waals surface area (Å²) in [5.74, 6) is 1.11. The fourth-order valence-corrected chi connectivity index (χ4v) is 5.09. The Bertz CT molecular complexity index is 1490. The number of hydrogen-bond donors (Lipinski definition) is 2. The third-order valence-electron chi connectivity index (χ3n) is 6.73. The zero-order chi connectivity index (χ0) is 27.4. The van der Waals surface area contributed by atoms with Gasteiger partial charge >= 0.3 is 0 Å². The Balaban J connectivity index is 1.39.